The molecule has 0 amide bonds. The molecule has 0 unspecified atom stereocenters. The summed E-state index contributed by atoms with van der Waals surface area (Å²) in [4.78, 5) is 13.2. The number of carbonyl (C=O) groups is 1. The van der Waals surface area contributed by atoms with E-state index in [1.54, 1.807) is 5.57 Å². The van der Waals surface area contributed by atoms with Crippen molar-refractivity contribution in [2.45, 2.75) is 137 Å². The maximum absolute atomic E-state index is 13.2. The Morgan fingerprint density at radius 3 is 2.26 bits per heavy atom. The molecule has 0 radical (unpaired) electrons. The summed E-state index contributed by atoms with van der Waals surface area (Å²) >= 11 is 0. The molecular weight excluding hydrogens is 520 g/mol. The van der Waals surface area contributed by atoms with E-state index < -0.39 is 11.2 Å². The van der Waals surface area contributed by atoms with Crippen LogP contribution in [-0.4, -0.2) is 34.5 Å². The van der Waals surface area contributed by atoms with Gasteiger partial charge in [-0.2, -0.15) is 0 Å². The Morgan fingerprint density at radius 1 is 0.905 bits per heavy atom. The number of allylic oxidation sites excluding steroid dienone is 4. The second-order valence-electron chi connectivity index (χ2n) is 16.0. The molecule has 4 heteroatoms. The summed E-state index contributed by atoms with van der Waals surface area (Å²) in [6.07, 6.45) is 12.2. The summed E-state index contributed by atoms with van der Waals surface area (Å²) in [5.74, 6) is 1.66. The van der Waals surface area contributed by atoms with Crippen molar-refractivity contribution in [2.24, 2.45) is 34.5 Å². The number of hydrogen-bond acceptors (Lipinski definition) is 4. The van der Waals surface area contributed by atoms with Crippen LogP contribution in [0, 0.1) is 41.4 Å². The Balaban J connectivity index is 1.36. The van der Waals surface area contributed by atoms with Crippen LogP contribution in [0.5, 0.6) is 0 Å². The number of hydrogen-bond donors (Lipinski definition) is 1. The number of aliphatic hydroxyl groups is 1. The summed E-state index contributed by atoms with van der Waals surface area (Å²) in [5.41, 5.74) is 3.43. The van der Waals surface area contributed by atoms with Crippen molar-refractivity contribution >= 4 is 5.97 Å². The molecule has 1 aromatic rings. The van der Waals surface area contributed by atoms with Crippen LogP contribution in [0.2, 0.25) is 0 Å². The van der Waals surface area contributed by atoms with Crippen LogP contribution < -0.4 is 0 Å². The van der Waals surface area contributed by atoms with Crippen molar-refractivity contribution in [2.75, 3.05) is 0 Å². The third-order valence-corrected chi connectivity index (χ3v) is 12.5. The van der Waals surface area contributed by atoms with Crippen molar-refractivity contribution < 1.29 is 19.4 Å². The monoisotopic (exact) mass is 576 g/mol. The number of fused-ring (bicyclic) bond motifs is 2. The molecule has 0 spiro atoms. The van der Waals surface area contributed by atoms with Crippen molar-refractivity contribution in [1.82, 2.24) is 0 Å². The molecule has 4 nitrogen and oxygen atoms in total. The van der Waals surface area contributed by atoms with Gasteiger partial charge in [-0.1, -0.05) is 61.8 Å². The minimum absolute atomic E-state index is 0.0191. The van der Waals surface area contributed by atoms with E-state index in [2.05, 4.69) is 67.5 Å². The van der Waals surface area contributed by atoms with Crippen LogP contribution >= 0.6 is 0 Å². The maximum atomic E-state index is 13.2. The van der Waals surface area contributed by atoms with E-state index >= 15 is 0 Å². The van der Waals surface area contributed by atoms with Gasteiger partial charge in [0, 0.05) is 0 Å². The van der Waals surface area contributed by atoms with Gasteiger partial charge in [0.15, 0.2) is 0 Å². The molecule has 1 aliphatic heterocycles. The number of ether oxygens (including phenoxy) is 2. The number of carbonyl (C=O) groups excluding carboxylic acids is 1. The zero-order valence-electron chi connectivity index (χ0n) is 27.8. The van der Waals surface area contributed by atoms with E-state index in [1.807, 2.05) is 31.2 Å². The molecule has 5 rings (SSSR count). The second-order valence-corrected chi connectivity index (χ2v) is 16.0. The van der Waals surface area contributed by atoms with Gasteiger partial charge in [-0.05, 0) is 140 Å². The SMILES string of the molecule is CC1=CC[C@H]2[C@@H]1CC=C(C)[C@@H](CC[C@H]1[C@]3(C)CC[C@H](OC(=O)c4ccc(C)cc4)C(C)(C)O[C@H]3CC[C@@]1(C)O)C2(C)C. The van der Waals surface area contributed by atoms with Crippen LogP contribution in [0.3, 0.4) is 0 Å². The number of benzene rings is 1. The van der Waals surface area contributed by atoms with Crippen molar-refractivity contribution in [3.63, 3.8) is 0 Å². The lowest BCUT2D eigenvalue weighted by molar-refractivity contribution is -0.206. The Bertz CT molecular complexity index is 1220. The van der Waals surface area contributed by atoms with E-state index in [9.17, 15) is 9.90 Å². The lowest BCUT2D eigenvalue weighted by Crippen LogP contribution is -2.56. The van der Waals surface area contributed by atoms with Gasteiger partial charge in [-0.15, -0.1) is 0 Å². The van der Waals surface area contributed by atoms with Gasteiger partial charge >= 0.3 is 5.97 Å². The highest BCUT2D eigenvalue weighted by molar-refractivity contribution is 5.89. The topological polar surface area (TPSA) is 55.8 Å². The first-order valence-electron chi connectivity index (χ1n) is 16.6. The van der Waals surface area contributed by atoms with E-state index in [-0.39, 0.29) is 34.9 Å². The fourth-order valence-electron chi connectivity index (χ4n) is 9.70. The molecule has 2 fully saturated rings. The van der Waals surface area contributed by atoms with Gasteiger partial charge in [0.1, 0.15) is 6.10 Å². The minimum atomic E-state index is -0.752. The van der Waals surface area contributed by atoms with E-state index in [1.165, 1.54) is 12.0 Å². The Labute approximate surface area is 255 Å². The molecule has 0 aromatic heterocycles. The zero-order chi connectivity index (χ0) is 30.7. The lowest BCUT2D eigenvalue weighted by atomic mass is 9.55. The summed E-state index contributed by atoms with van der Waals surface area (Å²) < 4.78 is 13.1. The number of aryl methyl sites for hydroxylation is 1. The van der Waals surface area contributed by atoms with Gasteiger partial charge in [0.05, 0.1) is 22.9 Å². The van der Waals surface area contributed by atoms with Crippen LogP contribution in [0.4, 0.5) is 0 Å². The predicted molar refractivity (Wildman–Crippen MR) is 170 cm³/mol. The normalized spacial score (nSPS) is 39.2. The quantitative estimate of drug-likeness (QED) is 0.281. The van der Waals surface area contributed by atoms with Gasteiger partial charge in [0.2, 0.25) is 0 Å². The van der Waals surface area contributed by atoms with E-state index in [0.717, 1.165) is 50.5 Å². The van der Waals surface area contributed by atoms with Gasteiger partial charge in [-0.3, -0.25) is 0 Å². The molecule has 1 saturated carbocycles. The molecule has 232 valence electrons. The summed E-state index contributed by atoms with van der Waals surface area (Å²) in [7, 11) is 0. The standard InChI is InChI=1S/C38H56O4/c1-24-10-14-27(15-11-24)34(39)41-32-20-22-37(8)31(38(9,40)23-21-33(37)42-36(32,6)7)19-18-29-26(3)12-16-28-25(2)13-17-30(28)35(29,4)5/h10-15,28-33,40H,16-23H2,1-9H3/t28-,29-,30+,31+,32+,33+,37+,38-/m1/s1. The molecule has 3 aliphatic carbocycles. The van der Waals surface area contributed by atoms with Crippen molar-refractivity contribution in [1.29, 1.82) is 0 Å². The van der Waals surface area contributed by atoms with Gasteiger partial charge in [-0.25, -0.2) is 4.79 Å². The fraction of sp³-hybridized carbons (Fsp3) is 0.711. The molecule has 0 bridgehead atoms. The van der Waals surface area contributed by atoms with Crippen LogP contribution in [0.15, 0.2) is 47.6 Å². The van der Waals surface area contributed by atoms with Crippen LogP contribution in [0.25, 0.3) is 0 Å². The third-order valence-electron chi connectivity index (χ3n) is 12.5. The Hall–Kier alpha value is -1.91. The molecule has 1 N–H and O–H groups in total. The summed E-state index contributed by atoms with van der Waals surface area (Å²) in [5, 5.41) is 11.9. The fourth-order valence-corrected chi connectivity index (χ4v) is 9.70. The van der Waals surface area contributed by atoms with Crippen molar-refractivity contribution in [3.05, 3.63) is 58.7 Å². The Kier molecular flexibility index (Phi) is 8.42. The van der Waals surface area contributed by atoms with Crippen LogP contribution in [0.1, 0.15) is 123 Å². The van der Waals surface area contributed by atoms with E-state index in [0.29, 0.717) is 23.3 Å². The van der Waals surface area contributed by atoms with Crippen LogP contribution in [-0.2, 0) is 9.47 Å². The molecular formula is C38H56O4. The first-order chi connectivity index (χ1) is 19.6. The predicted octanol–water partition coefficient (Wildman–Crippen LogP) is 9.00. The average Bonchev–Trinajstić information content (AvgIpc) is 3.21. The lowest BCUT2D eigenvalue weighted by Gasteiger charge is -2.54. The smallest absolute Gasteiger partial charge is 0.338 e. The molecule has 1 heterocycles. The number of esters is 1. The second kappa shape index (κ2) is 11.2. The first-order valence-corrected chi connectivity index (χ1v) is 16.6. The first kappa shape index (κ1) is 31.5. The summed E-state index contributed by atoms with van der Waals surface area (Å²) in [6, 6.07) is 7.58. The van der Waals surface area contributed by atoms with Gasteiger partial charge < -0.3 is 14.6 Å². The van der Waals surface area contributed by atoms with Crippen molar-refractivity contribution in [3.8, 4) is 0 Å². The molecule has 42 heavy (non-hydrogen) atoms. The maximum Gasteiger partial charge on any atom is 0.338 e. The molecule has 4 aliphatic rings. The van der Waals surface area contributed by atoms with Gasteiger partial charge in [0.25, 0.3) is 0 Å². The average molecular weight is 577 g/mol. The third kappa shape index (κ3) is 5.68. The molecule has 1 saturated heterocycles. The highest BCUT2D eigenvalue weighted by atomic mass is 16.6. The molecule has 1 aromatic carbocycles. The number of rotatable bonds is 5. The Morgan fingerprint density at radius 2 is 1.57 bits per heavy atom. The highest BCUT2D eigenvalue weighted by Crippen LogP contribution is 2.58. The summed E-state index contributed by atoms with van der Waals surface area (Å²) in [6.45, 7) is 20.2. The van der Waals surface area contributed by atoms with E-state index in [4.69, 9.17) is 9.47 Å². The molecule has 8 atom stereocenters. The minimum Gasteiger partial charge on any atom is -0.456 e. The largest absolute Gasteiger partial charge is 0.456 e. The highest BCUT2D eigenvalue weighted by Gasteiger charge is 2.57. The zero-order valence-corrected chi connectivity index (χ0v) is 27.8.